The number of rotatable bonds is 6. The Hall–Kier alpha value is -0.650. The van der Waals surface area contributed by atoms with Crippen molar-refractivity contribution in [3.63, 3.8) is 0 Å². The standard InChI is InChI=1S/C24H44N4O/c1-2-25-15-17-26(18-16-25)19-23(29)28-14-11-24(21-28)10-6-12-27(20-24)13-9-22-7-4-3-5-8-22/h22H,2-21H2,1H3. The molecular weight excluding hydrogens is 360 g/mol. The highest BCUT2D eigenvalue weighted by Crippen LogP contribution is 2.39. The molecule has 1 unspecified atom stereocenters. The van der Waals surface area contributed by atoms with Crippen molar-refractivity contribution in [1.82, 2.24) is 19.6 Å². The lowest BCUT2D eigenvalue weighted by Gasteiger charge is -2.41. The summed E-state index contributed by atoms with van der Waals surface area (Å²) in [7, 11) is 0. The fourth-order valence-corrected chi connectivity index (χ4v) is 6.38. The summed E-state index contributed by atoms with van der Waals surface area (Å²) < 4.78 is 0. The monoisotopic (exact) mass is 404 g/mol. The first kappa shape index (κ1) is 21.6. The molecule has 1 saturated carbocycles. The Labute approximate surface area is 178 Å². The number of nitrogens with zero attached hydrogens (tertiary/aromatic N) is 4. The van der Waals surface area contributed by atoms with E-state index in [4.69, 9.17) is 0 Å². The van der Waals surface area contributed by atoms with Gasteiger partial charge in [-0.15, -0.1) is 0 Å². The quantitative estimate of drug-likeness (QED) is 0.681. The molecule has 29 heavy (non-hydrogen) atoms. The Morgan fingerprint density at radius 2 is 1.59 bits per heavy atom. The summed E-state index contributed by atoms with van der Waals surface area (Å²) >= 11 is 0. The number of hydrogen-bond acceptors (Lipinski definition) is 4. The van der Waals surface area contributed by atoms with Gasteiger partial charge >= 0.3 is 0 Å². The zero-order valence-electron chi connectivity index (χ0n) is 18.9. The topological polar surface area (TPSA) is 30.0 Å². The summed E-state index contributed by atoms with van der Waals surface area (Å²) in [5.74, 6) is 1.36. The first-order valence-electron chi connectivity index (χ1n) is 12.6. The summed E-state index contributed by atoms with van der Waals surface area (Å²) in [4.78, 5) is 22.8. The molecule has 3 heterocycles. The number of piperidine rings is 1. The van der Waals surface area contributed by atoms with Gasteiger partial charge in [0.25, 0.3) is 0 Å². The van der Waals surface area contributed by atoms with Gasteiger partial charge in [-0.25, -0.2) is 0 Å². The second kappa shape index (κ2) is 10.1. The van der Waals surface area contributed by atoms with Crippen LogP contribution in [0.15, 0.2) is 0 Å². The van der Waals surface area contributed by atoms with E-state index in [0.29, 0.717) is 17.9 Å². The lowest BCUT2D eigenvalue weighted by atomic mass is 9.79. The van der Waals surface area contributed by atoms with E-state index in [1.165, 1.54) is 77.4 Å². The third kappa shape index (κ3) is 5.74. The highest BCUT2D eigenvalue weighted by molar-refractivity contribution is 5.78. The van der Waals surface area contributed by atoms with Crippen LogP contribution in [0, 0.1) is 11.3 Å². The van der Waals surface area contributed by atoms with Gasteiger partial charge in [0.15, 0.2) is 0 Å². The average Bonchev–Trinajstić information content (AvgIpc) is 3.17. The maximum Gasteiger partial charge on any atom is 0.236 e. The molecule has 5 nitrogen and oxygen atoms in total. The number of carbonyl (C=O) groups is 1. The minimum atomic E-state index is 0.381. The predicted octanol–water partition coefficient (Wildman–Crippen LogP) is 2.91. The van der Waals surface area contributed by atoms with Crippen LogP contribution in [0.3, 0.4) is 0 Å². The molecule has 3 aliphatic heterocycles. The van der Waals surface area contributed by atoms with Gasteiger partial charge in [-0.2, -0.15) is 0 Å². The summed E-state index contributed by atoms with van der Waals surface area (Å²) in [6.07, 6.45) is 12.6. The lowest BCUT2D eigenvalue weighted by Crippen LogP contribution is -2.50. The van der Waals surface area contributed by atoms with Crippen molar-refractivity contribution in [1.29, 1.82) is 0 Å². The number of hydrogen-bond donors (Lipinski definition) is 0. The Kier molecular flexibility index (Phi) is 7.52. The Morgan fingerprint density at radius 3 is 2.34 bits per heavy atom. The second-order valence-electron chi connectivity index (χ2n) is 10.4. The summed E-state index contributed by atoms with van der Waals surface area (Å²) in [5, 5.41) is 0. The Morgan fingerprint density at radius 1 is 0.828 bits per heavy atom. The number of likely N-dealkylation sites (tertiary alicyclic amines) is 2. The van der Waals surface area contributed by atoms with Gasteiger partial charge in [-0.3, -0.25) is 9.69 Å². The van der Waals surface area contributed by atoms with Crippen molar-refractivity contribution in [3.05, 3.63) is 0 Å². The number of likely N-dealkylation sites (N-methyl/N-ethyl adjacent to an activating group) is 1. The zero-order chi connectivity index (χ0) is 20.1. The van der Waals surface area contributed by atoms with Gasteiger partial charge in [-0.1, -0.05) is 39.0 Å². The largest absolute Gasteiger partial charge is 0.341 e. The van der Waals surface area contributed by atoms with Crippen molar-refractivity contribution in [2.75, 3.05) is 72.0 Å². The van der Waals surface area contributed by atoms with Crippen LogP contribution in [-0.2, 0) is 4.79 Å². The molecule has 3 saturated heterocycles. The zero-order valence-corrected chi connectivity index (χ0v) is 18.9. The number of piperazine rings is 1. The van der Waals surface area contributed by atoms with Crippen molar-refractivity contribution >= 4 is 5.91 Å². The normalized spacial score (nSPS) is 31.0. The van der Waals surface area contributed by atoms with E-state index in [1.54, 1.807) is 0 Å². The summed E-state index contributed by atoms with van der Waals surface area (Å²) in [5.41, 5.74) is 0.390. The van der Waals surface area contributed by atoms with Crippen LogP contribution in [0.1, 0.15) is 64.7 Å². The molecule has 1 aliphatic carbocycles. The van der Waals surface area contributed by atoms with E-state index in [2.05, 4.69) is 26.5 Å². The minimum absolute atomic E-state index is 0.381. The van der Waals surface area contributed by atoms with Gasteiger partial charge in [0.2, 0.25) is 5.91 Å². The Bertz CT molecular complexity index is 527. The molecule has 4 aliphatic rings. The molecule has 1 atom stereocenters. The molecule has 0 radical (unpaired) electrons. The fourth-order valence-electron chi connectivity index (χ4n) is 6.38. The van der Waals surface area contributed by atoms with E-state index in [9.17, 15) is 4.79 Å². The van der Waals surface area contributed by atoms with E-state index in [-0.39, 0.29) is 0 Å². The third-order valence-electron chi connectivity index (χ3n) is 8.38. The van der Waals surface area contributed by atoms with Gasteiger partial charge in [0, 0.05) is 51.2 Å². The molecule has 0 aromatic heterocycles. The lowest BCUT2D eigenvalue weighted by molar-refractivity contribution is -0.132. The van der Waals surface area contributed by atoms with Crippen molar-refractivity contribution < 1.29 is 4.79 Å². The van der Waals surface area contributed by atoms with E-state index < -0.39 is 0 Å². The van der Waals surface area contributed by atoms with Crippen LogP contribution in [0.5, 0.6) is 0 Å². The van der Waals surface area contributed by atoms with Crippen molar-refractivity contribution in [3.8, 4) is 0 Å². The van der Waals surface area contributed by atoms with Crippen LogP contribution < -0.4 is 0 Å². The van der Waals surface area contributed by atoms with E-state index in [1.807, 2.05) is 0 Å². The smallest absolute Gasteiger partial charge is 0.236 e. The first-order chi connectivity index (χ1) is 14.2. The fraction of sp³-hybridized carbons (Fsp3) is 0.958. The third-order valence-corrected chi connectivity index (χ3v) is 8.38. The SMILES string of the molecule is CCN1CCN(CC(=O)N2CCC3(CCCN(CCC4CCCCC4)C3)C2)CC1. The summed E-state index contributed by atoms with van der Waals surface area (Å²) in [6, 6.07) is 0. The van der Waals surface area contributed by atoms with Crippen LogP contribution in [0.2, 0.25) is 0 Å². The van der Waals surface area contributed by atoms with Gasteiger partial charge in [-0.05, 0) is 51.2 Å². The maximum absolute atomic E-state index is 13.0. The maximum atomic E-state index is 13.0. The highest BCUT2D eigenvalue weighted by Gasteiger charge is 2.42. The molecule has 4 fully saturated rings. The van der Waals surface area contributed by atoms with Crippen LogP contribution in [0.4, 0.5) is 0 Å². The van der Waals surface area contributed by atoms with Gasteiger partial charge in [0.05, 0.1) is 6.54 Å². The van der Waals surface area contributed by atoms with E-state index in [0.717, 1.165) is 51.7 Å². The molecule has 0 aromatic carbocycles. The molecule has 5 heteroatoms. The molecule has 1 amide bonds. The van der Waals surface area contributed by atoms with Gasteiger partial charge in [0.1, 0.15) is 0 Å². The highest BCUT2D eigenvalue weighted by atomic mass is 16.2. The van der Waals surface area contributed by atoms with Crippen molar-refractivity contribution in [2.45, 2.75) is 64.7 Å². The summed E-state index contributed by atoms with van der Waals surface area (Å²) in [6.45, 7) is 14.1. The molecule has 0 aromatic rings. The van der Waals surface area contributed by atoms with Crippen molar-refractivity contribution in [2.24, 2.45) is 11.3 Å². The predicted molar refractivity (Wildman–Crippen MR) is 119 cm³/mol. The van der Waals surface area contributed by atoms with Crippen LogP contribution >= 0.6 is 0 Å². The molecule has 166 valence electrons. The molecule has 0 N–H and O–H groups in total. The number of amides is 1. The average molecular weight is 405 g/mol. The molecule has 4 rings (SSSR count). The Balaban J connectivity index is 1.21. The first-order valence-corrected chi connectivity index (χ1v) is 12.6. The molecular formula is C24H44N4O. The molecule has 0 bridgehead atoms. The molecule has 1 spiro atoms. The van der Waals surface area contributed by atoms with Crippen LogP contribution in [-0.4, -0.2) is 97.5 Å². The number of carbonyl (C=O) groups excluding carboxylic acids is 1. The second-order valence-corrected chi connectivity index (χ2v) is 10.4. The van der Waals surface area contributed by atoms with E-state index >= 15 is 0 Å². The van der Waals surface area contributed by atoms with Crippen LogP contribution in [0.25, 0.3) is 0 Å². The van der Waals surface area contributed by atoms with Gasteiger partial charge < -0.3 is 14.7 Å². The minimum Gasteiger partial charge on any atom is -0.341 e.